The average Bonchev–Trinajstić information content (AvgIpc) is 2.66. The number of nitrogens with one attached hydrogen (secondary N) is 1. The molecule has 0 aromatic carbocycles. The van der Waals surface area contributed by atoms with Crippen molar-refractivity contribution in [2.24, 2.45) is 5.73 Å². The van der Waals surface area contributed by atoms with E-state index in [0.717, 1.165) is 5.56 Å². The zero-order chi connectivity index (χ0) is 10.6. The van der Waals surface area contributed by atoms with Crippen molar-refractivity contribution >= 4 is 29.7 Å². The molecule has 6 heteroatoms. The number of amides is 1. The van der Waals surface area contributed by atoms with Gasteiger partial charge in [0, 0.05) is 6.54 Å². The van der Waals surface area contributed by atoms with Crippen LogP contribution in [0.5, 0.6) is 0 Å². The number of thiophene rings is 1. The SMILES string of the molecule is C[C@H](N)C(=O)NCC(O)c1ccsc1.Cl. The molecule has 0 bridgehead atoms. The van der Waals surface area contributed by atoms with E-state index in [4.69, 9.17) is 5.73 Å². The standard InChI is InChI=1S/C9H14N2O2S.ClH/c1-6(10)9(13)11-4-8(12)7-2-3-14-5-7;/h2-3,5-6,8,12H,4,10H2,1H3,(H,11,13);1H/t6-,8?;/m0./s1. The Morgan fingerprint density at radius 3 is 2.87 bits per heavy atom. The molecule has 0 saturated carbocycles. The lowest BCUT2D eigenvalue weighted by atomic mass is 10.2. The van der Waals surface area contributed by atoms with Gasteiger partial charge >= 0.3 is 0 Å². The van der Waals surface area contributed by atoms with Crippen LogP contribution >= 0.6 is 23.7 Å². The van der Waals surface area contributed by atoms with Crippen molar-refractivity contribution in [3.63, 3.8) is 0 Å². The number of aliphatic hydroxyl groups excluding tert-OH is 1. The highest BCUT2D eigenvalue weighted by atomic mass is 35.5. The van der Waals surface area contributed by atoms with Crippen molar-refractivity contribution in [1.29, 1.82) is 0 Å². The lowest BCUT2D eigenvalue weighted by Gasteiger charge is -2.11. The predicted molar refractivity (Wildman–Crippen MR) is 63.2 cm³/mol. The molecule has 15 heavy (non-hydrogen) atoms. The fourth-order valence-electron chi connectivity index (χ4n) is 0.941. The summed E-state index contributed by atoms with van der Waals surface area (Å²) in [6, 6.07) is 1.29. The number of rotatable bonds is 4. The second-order valence-corrected chi connectivity index (χ2v) is 3.89. The summed E-state index contributed by atoms with van der Waals surface area (Å²) in [5.41, 5.74) is 6.17. The minimum atomic E-state index is -0.649. The molecule has 1 unspecified atom stereocenters. The normalized spacial score (nSPS) is 13.8. The van der Waals surface area contributed by atoms with Crippen LogP contribution in [0, 0.1) is 0 Å². The smallest absolute Gasteiger partial charge is 0.236 e. The Morgan fingerprint density at radius 1 is 1.73 bits per heavy atom. The Balaban J connectivity index is 0.00000196. The van der Waals surface area contributed by atoms with Gasteiger partial charge in [0.1, 0.15) is 0 Å². The molecule has 0 spiro atoms. The van der Waals surface area contributed by atoms with Gasteiger partial charge in [0.2, 0.25) is 5.91 Å². The van der Waals surface area contributed by atoms with E-state index in [1.165, 1.54) is 11.3 Å². The van der Waals surface area contributed by atoms with Crippen LogP contribution in [0.25, 0.3) is 0 Å². The van der Waals surface area contributed by atoms with Gasteiger partial charge in [-0.1, -0.05) is 0 Å². The number of carbonyl (C=O) groups excluding carboxylic acids is 1. The second-order valence-electron chi connectivity index (χ2n) is 3.11. The Hall–Kier alpha value is -0.620. The number of nitrogens with two attached hydrogens (primary N) is 1. The summed E-state index contributed by atoms with van der Waals surface area (Å²) in [6.07, 6.45) is -0.649. The minimum absolute atomic E-state index is 0. The fourth-order valence-corrected chi connectivity index (χ4v) is 1.65. The summed E-state index contributed by atoms with van der Waals surface area (Å²) in [5, 5.41) is 15.9. The van der Waals surface area contributed by atoms with Crippen molar-refractivity contribution in [3.8, 4) is 0 Å². The molecule has 1 aromatic heterocycles. The lowest BCUT2D eigenvalue weighted by Crippen LogP contribution is -2.40. The summed E-state index contributed by atoms with van der Waals surface area (Å²) in [7, 11) is 0. The number of carbonyl (C=O) groups is 1. The maximum atomic E-state index is 11.1. The van der Waals surface area contributed by atoms with Crippen LogP contribution in [0.2, 0.25) is 0 Å². The number of hydrogen-bond acceptors (Lipinski definition) is 4. The van der Waals surface area contributed by atoms with Crippen LogP contribution in [-0.2, 0) is 4.79 Å². The van der Waals surface area contributed by atoms with Gasteiger partial charge in [-0.2, -0.15) is 11.3 Å². The Bertz CT molecular complexity index is 290. The van der Waals surface area contributed by atoms with Crippen molar-refractivity contribution in [2.45, 2.75) is 19.1 Å². The quantitative estimate of drug-likeness (QED) is 0.735. The monoisotopic (exact) mass is 250 g/mol. The van der Waals surface area contributed by atoms with Gasteiger partial charge in [0.05, 0.1) is 12.1 Å². The molecule has 4 nitrogen and oxygen atoms in total. The number of hydrogen-bond donors (Lipinski definition) is 3. The Morgan fingerprint density at radius 2 is 2.40 bits per heavy atom. The summed E-state index contributed by atoms with van der Waals surface area (Å²) in [4.78, 5) is 11.1. The molecular weight excluding hydrogens is 236 g/mol. The molecule has 1 heterocycles. The van der Waals surface area contributed by atoms with Gasteiger partial charge < -0.3 is 16.2 Å². The van der Waals surface area contributed by atoms with Crippen LogP contribution < -0.4 is 11.1 Å². The van der Waals surface area contributed by atoms with E-state index in [1.807, 2.05) is 16.8 Å². The highest BCUT2D eigenvalue weighted by Crippen LogP contribution is 2.14. The largest absolute Gasteiger partial charge is 0.387 e. The number of halogens is 1. The zero-order valence-corrected chi connectivity index (χ0v) is 9.98. The third-order valence-electron chi connectivity index (χ3n) is 1.81. The molecule has 0 fully saturated rings. The first-order chi connectivity index (χ1) is 6.61. The summed E-state index contributed by atoms with van der Waals surface area (Å²) >= 11 is 1.51. The zero-order valence-electron chi connectivity index (χ0n) is 8.34. The van der Waals surface area contributed by atoms with Gasteiger partial charge in [-0.3, -0.25) is 4.79 Å². The molecule has 1 amide bonds. The van der Waals surface area contributed by atoms with E-state index >= 15 is 0 Å². The second kappa shape index (κ2) is 6.79. The van der Waals surface area contributed by atoms with E-state index in [2.05, 4.69) is 5.32 Å². The molecule has 0 aliphatic carbocycles. The van der Waals surface area contributed by atoms with Gasteiger partial charge in [-0.25, -0.2) is 0 Å². The van der Waals surface area contributed by atoms with Gasteiger partial charge in [-0.05, 0) is 29.3 Å². The fraction of sp³-hybridized carbons (Fsp3) is 0.444. The van der Waals surface area contributed by atoms with E-state index in [-0.39, 0.29) is 24.9 Å². The first-order valence-corrected chi connectivity index (χ1v) is 5.29. The molecule has 0 aliphatic heterocycles. The molecule has 0 aliphatic rings. The maximum absolute atomic E-state index is 11.1. The van der Waals surface area contributed by atoms with Crippen molar-refractivity contribution in [2.75, 3.05) is 6.54 Å². The predicted octanol–water partition coefficient (Wildman–Crippen LogP) is 0.667. The Labute approximate surface area is 98.9 Å². The molecular formula is C9H15ClN2O2S. The van der Waals surface area contributed by atoms with Gasteiger partial charge in [-0.15, -0.1) is 12.4 Å². The molecule has 0 radical (unpaired) electrons. The lowest BCUT2D eigenvalue weighted by molar-refractivity contribution is -0.122. The molecule has 2 atom stereocenters. The highest BCUT2D eigenvalue weighted by molar-refractivity contribution is 7.07. The Kier molecular flexibility index (Phi) is 6.51. The van der Waals surface area contributed by atoms with E-state index in [9.17, 15) is 9.90 Å². The van der Waals surface area contributed by atoms with E-state index in [0.29, 0.717) is 0 Å². The van der Waals surface area contributed by atoms with Crippen molar-refractivity contribution < 1.29 is 9.90 Å². The third kappa shape index (κ3) is 4.61. The first kappa shape index (κ1) is 14.4. The molecule has 4 N–H and O–H groups in total. The molecule has 1 aromatic rings. The van der Waals surface area contributed by atoms with Crippen LogP contribution in [0.3, 0.4) is 0 Å². The molecule has 1 rings (SSSR count). The van der Waals surface area contributed by atoms with Crippen molar-refractivity contribution in [3.05, 3.63) is 22.4 Å². The van der Waals surface area contributed by atoms with E-state index < -0.39 is 12.1 Å². The van der Waals surface area contributed by atoms with Crippen LogP contribution in [-0.4, -0.2) is 23.6 Å². The van der Waals surface area contributed by atoms with Gasteiger partial charge in [0.25, 0.3) is 0 Å². The van der Waals surface area contributed by atoms with Gasteiger partial charge in [0.15, 0.2) is 0 Å². The highest BCUT2D eigenvalue weighted by Gasteiger charge is 2.11. The minimum Gasteiger partial charge on any atom is -0.387 e. The van der Waals surface area contributed by atoms with Crippen LogP contribution in [0.15, 0.2) is 16.8 Å². The summed E-state index contributed by atoms with van der Waals surface area (Å²) < 4.78 is 0. The average molecular weight is 251 g/mol. The van der Waals surface area contributed by atoms with E-state index in [1.54, 1.807) is 6.92 Å². The number of aliphatic hydroxyl groups is 1. The summed E-state index contributed by atoms with van der Waals surface area (Å²) in [6.45, 7) is 1.81. The first-order valence-electron chi connectivity index (χ1n) is 4.34. The summed E-state index contributed by atoms with van der Waals surface area (Å²) in [5.74, 6) is -0.251. The third-order valence-corrected chi connectivity index (χ3v) is 2.51. The molecule has 0 saturated heterocycles. The maximum Gasteiger partial charge on any atom is 0.236 e. The van der Waals surface area contributed by atoms with Crippen LogP contribution in [0.4, 0.5) is 0 Å². The molecule has 86 valence electrons. The van der Waals surface area contributed by atoms with Crippen LogP contribution in [0.1, 0.15) is 18.6 Å². The van der Waals surface area contributed by atoms with Crippen molar-refractivity contribution in [1.82, 2.24) is 5.32 Å². The topological polar surface area (TPSA) is 75.4 Å².